The van der Waals surface area contributed by atoms with E-state index in [4.69, 9.17) is 5.73 Å². The van der Waals surface area contributed by atoms with Crippen molar-refractivity contribution in [1.82, 2.24) is 4.90 Å². The third-order valence-electron chi connectivity index (χ3n) is 3.95. The molecule has 0 aromatic carbocycles. The van der Waals surface area contributed by atoms with E-state index in [0.29, 0.717) is 30.3 Å². The molecule has 1 fully saturated rings. The van der Waals surface area contributed by atoms with Crippen molar-refractivity contribution in [3.05, 3.63) is 0 Å². The highest BCUT2D eigenvalue weighted by Gasteiger charge is 2.36. The third kappa shape index (κ3) is 4.30. The largest absolute Gasteiger partial charge is 0.337 e. The van der Waals surface area contributed by atoms with E-state index in [0.717, 1.165) is 12.8 Å². The van der Waals surface area contributed by atoms with E-state index in [2.05, 4.69) is 25.7 Å². The van der Waals surface area contributed by atoms with Gasteiger partial charge in [-0.25, -0.2) is 0 Å². The molecule has 3 unspecified atom stereocenters. The van der Waals surface area contributed by atoms with E-state index in [1.807, 2.05) is 6.92 Å². The van der Waals surface area contributed by atoms with Crippen LogP contribution in [0.5, 0.6) is 0 Å². The average Bonchev–Trinajstić information content (AvgIpc) is 3.09. The van der Waals surface area contributed by atoms with Gasteiger partial charge in [-0.2, -0.15) is 0 Å². The zero-order valence-corrected chi connectivity index (χ0v) is 11.8. The van der Waals surface area contributed by atoms with Crippen molar-refractivity contribution in [2.45, 2.75) is 77.9 Å². The van der Waals surface area contributed by atoms with Crippen LogP contribution in [0.25, 0.3) is 0 Å². The molecule has 1 aliphatic rings. The SMILES string of the molecule is CCC(C)C(C)N(C(=O)CCC(C)N)C1CC1. The minimum Gasteiger partial charge on any atom is -0.337 e. The van der Waals surface area contributed by atoms with E-state index in [1.54, 1.807) is 0 Å². The number of carbonyl (C=O) groups is 1. The Morgan fingerprint density at radius 2 is 1.94 bits per heavy atom. The molecule has 0 radical (unpaired) electrons. The predicted molar refractivity (Wildman–Crippen MR) is 71.7 cm³/mol. The van der Waals surface area contributed by atoms with Crippen molar-refractivity contribution < 1.29 is 4.79 Å². The van der Waals surface area contributed by atoms with Crippen LogP contribution in [0.1, 0.15) is 59.8 Å². The van der Waals surface area contributed by atoms with Gasteiger partial charge in [-0.15, -0.1) is 0 Å². The fraction of sp³-hybridized carbons (Fsp3) is 0.929. The first-order valence-electron chi connectivity index (χ1n) is 7.04. The van der Waals surface area contributed by atoms with Gasteiger partial charge in [0, 0.05) is 24.5 Å². The Balaban J connectivity index is 2.55. The molecule has 0 aromatic rings. The molecule has 0 saturated heterocycles. The minimum absolute atomic E-state index is 0.124. The summed E-state index contributed by atoms with van der Waals surface area (Å²) in [6.45, 7) is 8.58. The summed E-state index contributed by atoms with van der Waals surface area (Å²) in [6.07, 6.45) is 4.91. The quantitative estimate of drug-likeness (QED) is 0.743. The van der Waals surface area contributed by atoms with Crippen molar-refractivity contribution in [2.75, 3.05) is 0 Å². The lowest BCUT2D eigenvalue weighted by Crippen LogP contribution is -2.43. The number of nitrogens with two attached hydrogens (primary N) is 1. The van der Waals surface area contributed by atoms with Crippen molar-refractivity contribution in [2.24, 2.45) is 11.7 Å². The van der Waals surface area contributed by atoms with Crippen molar-refractivity contribution in [1.29, 1.82) is 0 Å². The maximum Gasteiger partial charge on any atom is 0.223 e. The molecule has 3 heteroatoms. The highest BCUT2D eigenvalue weighted by Crippen LogP contribution is 2.32. The summed E-state index contributed by atoms with van der Waals surface area (Å²) >= 11 is 0. The summed E-state index contributed by atoms with van der Waals surface area (Å²) < 4.78 is 0. The molecule has 3 atom stereocenters. The fourth-order valence-electron chi connectivity index (χ4n) is 2.21. The summed E-state index contributed by atoms with van der Waals surface area (Å²) in [5.41, 5.74) is 5.72. The van der Waals surface area contributed by atoms with E-state index >= 15 is 0 Å². The zero-order chi connectivity index (χ0) is 13.0. The molecule has 3 nitrogen and oxygen atoms in total. The fourth-order valence-corrected chi connectivity index (χ4v) is 2.21. The van der Waals surface area contributed by atoms with E-state index < -0.39 is 0 Å². The number of amides is 1. The van der Waals surface area contributed by atoms with E-state index in [-0.39, 0.29) is 6.04 Å². The van der Waals surface area contributed by atoms with Crippen LogP contribution in [-0.2, 0) is 4.79 Å². The van der Waals surface area contributed by atoms with Crippen LogP contribution in [0.2, 0.25) is 0 Å². The van der Waals surface area contributed by atoms with Gasteiger partial charge in [-0.1, -0.05) is 20.3 Å². The van der Waals surface area contributed by atoms with Crippen LogP contribution in [0.3, 0.4) is 0 Å². The standard InChI is InChI=1S/C14H28N2O/c1-5-10(2)12(4)16(13-7-8-13)14(17)9-6-11(3)15/h10-13H,5-9,15H2,1-4H3. The Labute approximate surface area is 106 Å². The van der Waals surface area contributed by atoms with Crippen LogP contribution in [0.4, 0.5) is 0 Å². The molecule has 1 saturated carbocycles. The van der Waals surface area contributed by atoms with E-state index in [1.165, 1.54) is 12.8 Å². The molecule has 1 rings (SSSR count). The van der Waals surface area contributed by atoms with Gasteiger partial charge in [0.2, 0.25) is 5.91 Å². The summed E-state index contributed by atoms with van der Waals surface area (Å²) in [5.74, 6) is 0.882. The van der Waals surface area contributed by atoms with Crippen molar-refractivity contribution in [3.63, 3.8) is 0 Å². The van der Waals surface area contributed by atoms with Crippen LogP contribution in [-0.4, -0.2) is 28.9 Å². The van der Waals surface area contributed by atoms with Crippen LogP contribution in [0.15, 0.2) is 0 Å². The summed E-state index contributed by atoms with van der Waals surface area (Å²) in [5, 5.41) is 0. The summed E-state index contributed by atoms with van der Waals surface area (Å²) in [6, 6.07) is 1.01. The second kappa shape index (κ2) is 6.39. The number of nitrogens with zero attached hydrogens (tertiary/aromatic N) is 1. The number of carbonyl (C=O) groups excluding carboxylic acids is 1. The molecule has 0 aliphatic heterocycles. The second-order valence-corrected chi connectivity index (χ2v) is 5.67. The highest BCUT2D eigenvalue weighted by atomic mass is 16.2. The normalized spacial score (nSPS) is 20.8. The lowest BCUT2D eigenvalue weighted by Gasteiger charge is -2.33. The Morgan fingerprint density at radius 1 is 1.35 bits per heavy atom. The predicted octanol–water partition coefficient (Wildman–Crippen LogP) is 2.54. The van der Waals surface area contributed by atoms with Gasteiger partial charge in [0.25, 0.3) is 0 Å². The lowest BCUT2D eigenvalue weighted by atomic mass is 9.98. The Kier molecular flexibility index (Phi) is 5.44. The second-order valence-electron chi connectivity index (χ2n) is 5.67. The highest BCUT2D eigenvalue weighted by molar-refractivity contribution is 5.77. The average molecular weight is 240 g/mol. The molecular formula is C14H28N2O. The molecule has 17 heavy (non-hydrogen) atoms. The molecule has 0 spiro atoms. The minimum atomic E-state index is 0.124. The van der Waals surface area contributed by atoms with Gasteiger partial charge in [0.1, 0.15) is 0 Å². The third-order valence-corrected chi connectivity index (χ3v) is 3.95. The molecule has 1 aliphatic carbocycles. The first kappa shape index (κ1) is 14.5. The number of hydrogen-bond donors (Lipinski definition) is 1. The van der Waals surface area contributed by atoms with Crippen LogP contribution < -0.4 is 5.73 Å². The zero-order valence-electron chi connectivity index (χ0n) is 11.8. The van der Waals surface area contributed by atoms with E-state index in [9.17, 15) is 4.79 Å². The van der Waals surface area contributed by atoms with Crippen molar-refractivity contribution in [3.8, 4) is 0 Å². The molecule has 100 valence electrons. The molecule has 0 bridgehead atoms. The Hall–Kier alpha value is -0.570. The number of hydrogen-bond acceptors (Lipinski definition) is 2. The molecule has 2 N–H and O–H groups in total. The van der Waals surface area contributed by atoms with Crippen LogP contribution in [0, 0.1) is 5.92 Å². The monoisotopic (exact) mass is 240 g/mol. The molecule has 1 amide bonds. The van der Waals surface area contributed by atoms with Gasteiger partial charge in [-0.3, -0.25) is 4.79 Å². The maximum atomic E-state index is 12.3. The van der Waals surface area contributed by atoms with Crippen molar-refractivity contribution >= 4 is 5.91 Å². The molecule has 0 aromatic heterocycles. The summed E-state index contributed by atoms with van der Waals surface area (Å²) in [7, 11) is 0. The summed E-state index contributed by atoms with van der Waals surface area (Å²) in [4.78, 5) is 14.4. The van der Waals surface area contributed by atoms with Gasteiger partial charge in [-0.05, 0) is 39.0 Å². The van der Waals surface area contributed by atoms with Gasteiger partial charge < -0.3 is 10.6 Å². The smallest absolute Gasteiger partial charge is 0.223 e. The van der Waals surface area contributed by atoms with Gasteiger partial charge >= 0.3 is 0 Å². The Morgan fingerprint density at radius 3 is 2.35 bits per heavy atom. The Bertz CT molecular complexity index is 249. The maximum absolute atomic E-state index is 12.3. The van der Waals surface area contributed by atoms with Gasteiger partial charge in [0.15, 0.2) is 0 Å². The number of rotatable bonds is 7. The van der Waals surface area contributed by atoms with Crippen LogP contribution >= 0.6 is 0 Å². The topological polar surface area (TPSA) is 46.3 Å². The first-order valence-corrected chi connectivity index (χ1v) is 7.04. The molecular weight excluding hydrogens is 212 g/mol. The lowest BCUT2D eigenvalue weighted by molar-refractivity contribution is -0.135. The van der Waals surface area contributed by atoms with Gasteiger partial charge in [0.05, 0.1) is 0 Å². The molecule has 0 heterocycles. The first-order chi connectivity index (χ1) is 7.97.